The molecule has 0 heterocycles. The Morgan fingerprint density at radius 1 is 1.14 bits per heavy atom. The zero-order valence-electron chi connectivity index (χ0n) is 11.0. The van der Waals surface area contributed by atoms with E-state index in [1.54, 1.807) is 42.5 Å². The maximum atomic E-state index is 12.2. The second kappa shape index (κ2) is 6.90. The first-order chi connectivity index (χ1) is 10.1. The molecule has 0 atom stereocenters. The van der Waals surface area contributed by atoms with Gasteiger partial charge in [0.25, 0.3) is 11.8 Å². The summed E-state index contributed by atoms with van der Waals surface area (Å²) in [5.41, 5.74) is 6.11. The van der Waals surface area contributed by atoms with Crippen LogP contribution in [0.15, 0.2) is 53.0 Å². The molecule has 2 rings (SSSR count). The van der Waals surface area contributed by atoms with Crippen molar-refractivity contribution in [2.75, 3.05) is 11.9 Å². The predicted molar refractivity (Wildman–Crippen MR) is 83.2 cm³/mol. The van der Waals surface area contributed by atoms with Gasteiger partial charge in [-0.25, -0.2) is 0 Å². The van der Waals surface area contributed by atoms with Gasteiger partial charge in [0, 0.05) is 16.2 Å². The fourth-order valence-electron chi connectivity index (χ4n) is 1.66. The van der Waals surface area contributed by atoms with Gasteiger partial charge in [-0.1, -0.05) is 18.2 Å². The van der Waals surface area contributed by atoms with Crippen LogP contribution in [0.2, 0.25) is 0 Å². The summed E-state index contributed by atoms with van der Waals surface area (Å²) in [6.07, 6.45) is 0. The molecule has 3 N–H and O–H groups in total. The van der Waals surface area contributed by atoms with E-state index in [0.717, 1.165) is 0 Å². The van der Waals surface area contributed by atoms with Crippen molar-refractivity contribution in [2.45, 2.75) is 0 Å². The molecule has 0 aromatic heterocycles. The molecule has 0 bridgehead atoms. The molecule has 0 fully saturated rings. The molecule has 0 unspecified atom stereocenters. The molecule has 0 aliphatic rings. The lowest BCUT2D eigenvalue weighted by atomic mass is 10.2. The Morgan fingerprint density at radius 2 is 1.90 bits per heavy atom. The average molecular weight is 349 g/mol. The lowest BCUT2D eigenvalue weighted by Crippen LogP contribution is -2.20. The van der Waals surface area contributed by atoms with E-state index in [2.05, 4.69) is 21.2 Å². The topological polar surface area (TPSA) is 81.4 Å². The molecule has 5 nitrogen and oxygen atoms in total. The van der Waals surface area contributed by atoms with Gasteiger partial charge in [-0.3, -0.25) is 9.59 Å². The van der Waals surface area contributed by atoms with Gasteiger partial charge in [-0.2, -0.15) is 0 Å². The Bertz CT molecular complexity index is 673. The van der Waals surface area contributed by atoms with Gasteiger partial charge in [0.1, 0.15) is 5.75 Å². The van der Waals surface area contributed by atoms with E-state index in [-0.39, 0.29) is 12.5 Å². The molecule has 6 heteroatoms. The van der Waals surface area contributed by atoms with Crippen molar-refractivity contribution in [3.05, 3.63) is 58.6 Å². The minimum absolute atomic E-state index is 0.207. The maximum absolute atomic E-state index is 12.2. The van der Waals surface area contributed by atoms with Crippen molar-refractivity contribution in [1.82, 2.24) is 0 Å². The zero-order valence-corrected chi connectivity index (χ0v) is 12.6. The molecule has 0 spiro atoms. The van der Waals surface area contributed by atoms with Crippen molar-refractivity contribution in [1.29, 1.82) is 0 Å². The third-order valence-corrected chi connectivity index (χ3v) is 3.28. The van der Waals surface area contributed by atoms with Crippen LogP contribution >= 0.6 is 15.9 Å². The van der Waals surface area contributed by atoms with Crippen LogP contribution in [0.5, 0.6) is 5.75 Å². The average Bonchev–Trinajstić information content (AvgIpc) is 2.46. The van der Waals surface area contributed by atoms with E-state index in [1.165, 1.54) is 0 Å². The Morgan fingerprint density at radius 3 is 2.62 bits per heavy atom. The van der Waals surface area contributed by atoms with Gasteiger partial charge in [0.05, 0.1) is 5.56 Å². The normalized spacial score (nSPS) is 9.95. The number of benzene rings is 2. The number of carbonyl (C=O) groups excluding carboxylic acids is 2. The highest BCUT2D eigenvalue weighted by Crippen LogP contribution is 2.20. The lowest BCUT2D eigenvalue weighted by Gasteiger charge is -2.09. The summed E-state index contributed by atoms with van der Waals surface area (Å²) < 4.78 is 5.90. The number of amides is 2. The highest BCUT2D eigenvalue weighted by Gasteiger charge is 2.09. The molecule has 0 radical (unpaired) electrons. The molecule has 108 valence electrons. The van der Waals surface area contributed by atoms with Crippen LogP contribution in [-0.2, 0) is 4.79 Å². The monoisotopic (exact) mass is 348 g/mol. The molecular formula is C15H13BrN2O3. The van der Waals surface area contributed by atoms with E-state index in [0.29, 0.717) is 21.5 Å². The van der Waals surface area contributed by atoms with Crippen molar-refractivity contribution >= 4 is 33.4 Å². The van der Waals surface area contributed by atoms with Crippen LogP contribution in [0.25, 0.3) is 0 Å². The molecule has 21 heavy (non-hydrogen) atoms. The molecular weight excluding hydrogens is 336 g/mol. The summed E-state index contributed by atoms with van der Waals surface area (Å²) >= 11 is 3.33. The van der Waals surface area contributed by atoms with Crippen molar-refractivity contribution < 1.29 is 14.3 Å². The van der Waals surface area contributed by atoms with E-state index in [1.807, 2.05) is 6.07 Å². The standard InChI is InChI=1S/C15H13BrN2O3/c16-13-7-2-1-6-12(13)15(20)18-10-4-3-5-11(8-10)21-9-14(17)19/h1-8H,9H2,(H2,17,19)(H,18,20). The third kappa shape index (κ3) is 4.32. The van der Waals surface area contributed by atoms with Crippen LogP contribution in [0.1, 0.15) is 10.4 Å². The van der Waals surface area contributed by atoms with Gasteiger partial charge in [0.2, 0.25) is 0 Å². The first-order valence-electron chi connectivity index (χ1n) is 6.13. The summed E-state index contributed by atoms with van der Waals surface area (Å²) in [7, 11) is 0. The largest absolute Gasteiger partial charge is 0.484 e. The summed E-state index contributed by atoms with van der Waals surface area (Å²) in [6.45, 7) is -0.207. The number of primary amides is 1. The Hall–Kier alpha value is -2.34. The van der Waals surface area contributed by atoms with E-state index in [4.69, 9.17) is 10.5 Å². The number of anilines is 1. The van der Waals surface area contributed by atoms with Gasteiger partial charge >= 0.3 is 0 Å². The molecule has 0 saturated carbocycles. The van der Waals surface area contributed by atoms with Crippen molar-refractivity contribution in [3.63, 3.8) is 0 Å². The Kier molecular flexibility index (Phi) is 4.94. The van der Waals surface area contributed by atoms with Crippen LogP contribution in [-0.4, -0.2) is 18.4 Å². The van der Waals surface area contributed by atoms with Gasteiger partial charge < -0.3 is 15.8 Å². The maximum Gasteiger partial charge on any atom is 0.256 e. The van der Waals surface area contributed by atoms with Crippen LogP contribution in [0.3, 0.4) is 0 Å². The van der Waals surface area contributed by atoms with E-state index < -0.39 is 5.91 Å². The first-order valence-corrected chi connectivity index (χ1v) is 6.92. The van der Waals surface area contributed by atoms with Crippen LogP contribution < -0.4 is 15.8 Å². The van der Waals surface area contributed by atoms with E-state index in [9.17, 15) is 9.59 Å². The van der Waals surface area contributed by atoms with Gasteiger partial charge in [-0.05, 0) is 40.2 Å². The highest BCUT2D eigenvalue weighted by molar-refractivity contribution is 9.10. The minimum Gasteiger partial charge on any atom is -0.484 e. The summed E-state index contributed by atoms with van der Waals surface area (Å²) in [6, 6.07) is 13.9. The molecule has 0 saturated heterocycles. The smallest absolute Gasteiger partial charge is 0.256 e. The number of carbonyl (C=O) groups is 2. The Balaban J connectivity index is 2.09. The number of ether oxygens (including phenoxy) is 1. The molecule has 0 aliphatic heterocycles. The minimum atomic E-state index is -0.558. The van der Waals surface area contributed by atoms with E-state index >= 15 is 0 Å². The molecule has 2 aromatic rings. The van der Waals surface area contributed by atoms with Crippen molar-refractivity contribution in [3.8, 4) is 5.75 Å². The number of hydrogen-bond donors (Lipinski definition) is 2. The number of halogens is 1. The first kappa shape index (κ1) is 15.1. The van der Waals surface area contributed by atoms with Crippen molar-refractivity contribution in [2.24, 2.45) is 5.73 Å². The zero-order chi connectivity index (χ0) is 15.2. The van der Waals surface area contributed by atoms with Gasteiger partial charge in [0.15, 0.2) is 6.61 Å². The summed E-state index contributed by atoms with van der Waals surface area (Å²) in [5, 5.41) is 2.76. The molecule has 0 aliphatic carbocycles. The summed E-state index contributed by atoms with van der Waals surface area (Å²) in [4.78, 5) is 22.8. The lowest BCUT2D eigenvalue weighted by molar-refractivity contribution is -0.119. The fourth-order valence-corrected chi connectivity index (χ4v) is 2.13. The number of hydrogen-bond acceptors (Lipinski definition) is 3. The Labute approximate surface area is 130 Å². The second-order valence-electron chi connectivity index (χ2n) is 4.22. The van der Waals surface area contributed by atoms with Crippen LogP contribution in [0, 0.1) is 0 Å². The highest BCUT2D eigenvalue weighted by atomic mass is 79.9. The second-order valence-corrected chi connectivity index (χ2v) is 5.07. The predicted octanol–water partition coefficient (Wildman–Crippen LogP) is 2.57. The molecule has 2 aromatic carbocycles. The third-order valence-electron chi connectivity index (χ3n) is 2.59. The van der Waals surface area contributed by atoms with Gasteiger partial charge in [-0.15, -0.1) is 0 Å². The SMILES string of the molecule is NC(=O)COc1cccc(NC(=O)c2ccccc2Br)c1. The fraction of sp³-hybridized carbons (Fsp3) is 0.0667. The van der Waals surface area contributed by atoms with Crippen LogP contribution in [0.4, 0.5) is 5.69 Å². The number of nitrogens with one attached hydrogen (secondary N) is 1. The number of nitrogens with two attached hydrogens (primary N) is 1. The summed E-state index contributed by atoms with van der Waals surface area (Å²) in [5.74, 6) is -0.342. The molecule has 2 amide bonds. The number of rotatable bonds is 5. The quantitative estimate of drug-likeness (QED) is 0.871.